The first kappa shape index (κ1) is 12.3. The van der Waals surface area contributed by atoms with Crippen LogP contribution >= 0.6 is 11.6 Å². The molecule has 0 aliphatic heterocycles. The van der Waals surface area contributed by atoms with Crippen LogP contribution in [0.1, 0.15) is 5.56 Å². The maximum absolute atomic E-state index is 6.26. The molecule has 0 aliphatic carbocycles. The molecule has 3 heterocycles. The third-order valence-electron chi connectivity index (χ3n) is 3.51. The van der Waals surface area contributed by atoms with Crippen molar-refractivity contribution >= 4 is 33.5 Å². The summed E-state index contributed by atoms with van der Waals surface area (Å²) in [6.45, 7) is 0.726. The Balaban J connectivity index is 1.98. The predicted molar refractivity (Wildman–Crippen MR) is 83.4 cm³/mol. The minimum Gasteiger partial charge on any atom is -0.325 e. The number of aromatic nitrogens is 4. The van der Waals surface area contributed by atoms with Crippen LogP contribution in [-0.2, 0) is 6.54 Å². The van der Waals surface area contributed by atoms with Crippen LogP contribution in [0.2, 0.25) is 5.15 Å². The summed E-state index contributed by atoms with van der Waals surface area (Å²) in [4.78, 5) is 12.9. The first-order chi connectivity index (χ1) is 10.3. The lowest BCUT2D eigenvalue weighted by Gasteiger charge is -2.07. The monoisotopic (exact) mass is 294 g/mol. The zero-order valence-electron chi connectivity index (χ0n) is 11.1. The highest BCUT2D eigenvalue weighted by atomic mass is 35.5. The molecule has 0 spiro atoms. The van der Waals surface area contributed by atoms with E-state index in [1.807, 2.05) is 42.7 Å². The summed E-state index contributed by atoms with van der Waals surface area (Å²) in [5, 5.41) is 1.50. The highest BCUT2D eigenvalue weighted by Crippen LogP contribution is 2.28. The molecule has 3 aromatic heterocycles. The lowest BCUT2D eigenvalue weighted by molar-refractivity contribution is 0.824. The molecule has 4 rings (SSSR count). The average molecular weight is 295 g/mol. The second-order valence-electron chi connectivity index (χ2n) is 4.84. The normalized spacial score (nSPS) is 11.3. The van der Waals surface area contributed by atoms with Gasteiger partial charge in [-0.25, -0.2) is 9.97 Å². The van der Waals surface area contributed by atoms with E-state index in [0.717, 1.165) is 28.5 Å². The van der Waals surface area contributed by atoms with Crippen molar-refractivity contribution in [3.05, 3.63) is 65.8 Å². The molecule has 0 bridgehead atoms. The van der Waals surface area contributed by atoms with Gasteiger partial charge in [0.1, 0.15) is 5.52 Å². The first-order valence-electron chi connectivity index (χ1n) is 6.61. The Morgan fingerprint density at radius 2 is 1.86 bits per heavy atom. The number of hydrogen-bond acceptors (Lipinski definition) is 3. The van der Waals surface area contributed by atoms with E-state index < -0.39 is 0 Å². The second kappa shape index (κ2) is 4.82. The van der Waals surface area contributed by atoms with E-state index in [9.17, 15) is 0 Å². The Morgan fingerprint density at radius 1 is 1.05 bits per heavy atom. The molecule has 0 unspecified atom stereocenters. The summed E-state index contributed by atoms with van der Waals surface area (Å²) >= 11 is 6.26. The van der Waals surface area contributed by atoms with E-state index in [-0.39, 0.29) is 0 Å². The standard InChI is InChI=1S/C16H11ClN4/c17-16-14-15(12-3-1-2-4-13(12)20-16)21(10-19-14)9-11-5-7-18-8-6-11/h1-8,10H,9H2. The number of pyridine rings is 2. The van der Waals surface area contributed by atoms with E-state index in [4.69, 9.17) is 11.6 Å². The van der Waals surface area contributed by atoms with E-state index in [1.165, 1.54) is 5.56 Å². The number of para-hydroxylation sites is 1. The SMILES string of the molecule is Clc1nc2ccccc2c2c1ncn2Cc1ccncc1. The smallest absolute Gasteiger partial charge is 0.157 e. The molecule has 0 amide bonds. The van der Waals surface area contributed by atoms with Crippen molar-refractivity contribution in [2.75, 3.05) is 0 Å². The van der Waals surface area contributed by atoms with Gasteiger partial charge in [-0.1, -0.05) is 29.8 Å². The van der Waals surface area contributed by atoms with Gasteiger partial charge in [0, 0.05) is 24.3 Å². The Bertz CT molecular complexity index is 931. The lowest BCUT2D eigenvalue weighted by atomic mass is 10.2. The molecule has 0 fully saturated rings. The van der Waals surface area contributed by atoms with Crippen LogP contribution in [0.25, 0.3) is 21.9 Å². The molecule has 21 heavy (non-hydrogen) atoms. The number of benzene rings is 1. The molecular weight excluding hydrogens is 284 g/mol. The van der Waals surface area contributed by atoms with Crippen molar-refractivity contribution in [1.82, 2.24) is 19.5 Å². The zero-order chi connectivity index (χ0) is 14.2. The molecule has 0 N–H and O–H groups in total. The van der Waals surface area contributed by atoms with Crippen LogP contribution in [0.15, 0.2) is 55.1 Å². The Labute approximate surface area is 126 Å². The van der Waals surface area contributed by atoms with Crippen LogP contribution in [-0.4, -0.2) is 19.5 Å². The molecule has 0 saturated carbocycles. The molecule has 102 valence electrons. The quantitative estimate of drug-likeness (QED) is 0.530. The van der Waals surface area contributed by atoms with Gasteiger partial charge in [0.2, 0.25) is 0 Å². The first-order valence-corrected chi connectivity index (χ1v) is 6.99. The van der Waals surface area contributed by atoms with Crippen molar-refractivity contribution < 1.29 is 0 Å². The summed E-state index contributed by atoms with van der Waals surface area (Å²) < 4.78 is 2.10. The average Bonchev–Trinajstić information content (AvgIpc) is 2.93. The fourth-order valence-corrected chi connectivity index (χ4v) is 2.78. The zero-order valence-corrected chi connectivity index (χ0v) is 11.8. The summed E-state index contributed by atoms with van der Waals surface area (Å²) in [6.07, 6.45) is 5.40. The topological polar surface area (TPSA) is 43.6 Å². The highest BCUT2D eigenvalue weighted by Gasteiger charge is 2.12. The van der Waals surface area contributed by atoms with Gasteiger partial charge in [-0.3, -0.25) is 4.98 Å². The van der Waals surface area contributed by atoms with Crippen LogP contribution in [0.4, 0.5) is 0 Å². The molecule has 1 aromatic carbocycles. The summed E-state index contributed by atoms with van der Waals surface area (Å²) in [5.74, 6) is 0. The highest BCUT2D eigenvalue weighted by molar-refractivity contribution is 6.35. The van der Waals surface area contributed by atoms with Gasteiger partial charge in [-0.15, -0.1) is 0 Å². The van der Waals surface area contributed by atoms with Gasteiger partial charge in [0.15, 0.2) is 5.15 Å². The maximum Gasteiger partial charge on any atom is 0.157 e. The number of imidazole rings is 1. The Hall–Kier alpha value is -2.46. The molecule has 4 nitrogen and oxygen atoms in total. The molecular formula is C16H11ClN4. The molecule has 0 aliphatic rings. The molecule has 4 aromatic rings. The van der Waals surface area contributed by atoms with Gasteiger partial charge >= 0.3 is 0 Å². The molecule has 0 atom stereocenters. The van der Waals surface area contributed by atoms with Crippen molar-refractivity contribution in [2.45, 2.75) is 6.54 Å². The van der Waals surface area contributed by atoms with Crippen molar-refractivity contribution in [2.24, 2.45) is 0 Å². The Kier molecular flexibility index (Phi) is 2.82. The molecule has 0 radical (unpaired) electrons. The molecule has 0 saturated heterocycles. The maximum atomic E-state index is 6.26. The predicted octanol–water partition coefficient (Wildman–Crippen LogP) is 3.68. The minimum absolute atomic E-state index is 0.442. The van der Waals surface area contributed by atoms with E-state index in [0.29, 0.717) is 5.15 Å². The Morgan fingerprint density at radius 3 is 2.71 bits per heavy atom. The fourth-order valence-electron chi connectivity index (χ4n) is 2.55. The minimum atomic E-state index is 0.442. The van der Waals surface area contributed by atoms with Gasteiger partial charge in [-0.05, 0) is 23.8 Å². The number of fused-ring (bicyclic) bond motifs is 3. The summed E-state index contributed by atoms with van der Waals surface area (Å²) in [5.41, 5.74) is 3.81. The summed E-state index contributed by atoms with van der Waals surface area (Å²) in [7, 11) is 0. The number of halogens is 1. The second-order valence-corrected chi connectivity index (χ2v) is 5.20. The van der Waals surface area contributed by atoms with Gasteiger partial charge in [0.25, 0.3) is 0 Å². The van der Waals surface area contributed by atoms with Crippen LogP contribution in [0.5, 0.6) is 0 Å². The van der Waals surface area contributed by atoms with Crippen LogP contribution < -0.4 is 0 Å². The fraction of sp³-hybridized carbons (Fsp3) is 0.0625. The van der Waals surface area contributed by atoms with Crippen molar-refractivity contribution in [3.63, 3.8) is 0 Å². The number of hydrogen-bond donors (Lipinski definition) is 0. The van der Waals surface area contributed by atoms with E-state index in [1.54, 1.807) is 12.4 Å². The number of rotatable bonds is 2. The van der Waals surface area contributed by atoms with E-state index >= 15 is 0 Å². The van der Waals surface area contributed by atoms with Gasteiger partial charge in [0.05, 0.1) is 17.4 Å². The third-order valence-corrected chi connectivity index (χ3v) is 3.78. The van der Waals surface area contributed by atoms with Crippen LogP contribution in [0.3, 0.4) is 0 Å². The van der Waals surface area contributed by atoms with E-state index in [2.05, 4.69) is 19.5 Å². The summed E-state index contributed by atoms with van der Waals surface area (Å²) in [6, 6.07) is 12.0. The van der Waals surface area contributed by atoms with Crippen molar-refractivity contribution in [3.8, 4) is 0 Å². The van der Waals surface area contributed by atoms with Gasteiger partial charge < -0.3 is 4.57 Å². The third kappa shape index (κ3) is 2.04. The number of nitrogens with zero attached hydrogens (tertiary/aromatic N) is 4. The van der Waals surface area contributed by atoms with Crippen molar-refractivity contribution in [1.29, 1.82) is 0 Å². The largest absolute Gasteiger partial charge is 0.325 e. The lowest BCUT2D eigenvalue weighted by Crippen LogP contribution is -1.98. The van der Waals surface area contributed by atoms with Crippen LogP contribution in [0, 0.1) is 0 Å². The molecule has 5 heteroatoms. The van der Waals surface area contributed by atoms with Gasteiger partial charge in [-0.2, -0.15) is 0 Å².